The van der Waals surface area contributed by atoms with E-state index in [-0.39, 0.29) is 22.8 Å². The normalized spacial score (nSPS) is 17.5. The van der Waals surface area contributed by atoms with Gasteiger partial charge in [0.1, 0.15) is 0 Å². The minimum absolute atomic E-state index is 0.0724. The van der Waals surface area contributed by atoms with Gasteiger partial charge in [0.25, 0.3) is 0 Å². The van der Waals surface area contributed by atoms with Crippen LogP contribution in [0.5, 0.6) is 0 Å². The molecule has 1 aliphatic carbocycles. The molecule has 0 bridgehead atoms. The van der Waals surface area contributed by atoms with Crippen LogP contribution in [-0.2, 0) is 14.8 Å². The highest BCUT2D eigenvalue weighted by Gasteiger charge is 2.29. The Bertz CT molecular complexity index is 1110. The second-order valence-corrected chi connectivity index (χ2v) is 10.3. The lowest BCUT2D eigenvalue weighted by molar-refractivity contribution is 0.0474. The Morgan fingerprint density at radius 2 is 1.77 bits per heavy atom. The van der Waals surface area contributed by atoms with Gasteiger partial charge in [-0.2, -0.15) is 4.31 Å². The number of aryl methyl sites for hydroxylation is 1. The Morgan fingerprint density at radius 1 is 1.06 bits per heavy atom. The van der Waals surface area contributed by atoms with E-state index in [2.05, 4.69) is 4.57 Å². The van der Waals surface area contributed by atoms with Crippen molar-refractivity contribution in [1.82, 2.24) is 8.87 Å². The van der Waals surface area contributed by atoms with E-state index in [1.165, 1.54) is 28.6 Å². The van der Waals surface area contributed by atoms with Crippen molar-refractivity contribution in [2.45, 2.75) is 56.9 Å². The largest absolute Gasteiger partial charge is 0.454 e. The number of aromatic nitrogens is 1. The second kappa shape index (κ2) is 8.59. The van der Waals surface area contributed by atoms with Gasteiger partial charge in [-0.1, -0.05) is 12.5 Å². The molecule has 4 rings (SSSR count). The van der Waals surface area contributed by atoms with Gasteiger partial charge >= 0.3 is 5.97 Å². The number of nitrogens with zero attached hydrogens (tertiary/aromatic N) is 2. The average Bonchev–Trinajstić information content (AvgIpc) is 3.56. The molecule has 0 spiro atoms. The van der Waals surface area contributed by atoms with E-state index in [1.54, 1.807) is 0 Å². The molecule has 0 radical (unpaired) electrons. The number of hydrogen-bond donors (Lipinski definition) is 0. The summed E-state index contributed by atoms with van der Waals surface area (Å²) in [6.45, 7) is 4.49. The average molecular weight is 445 g/mol. The SMILES string of the molecule is Cc1cc(C(=O)COC(=O)c2cccc(S(=O)(=O)N3CCCCC3)c2)c(C)n1C1CC1. The summed E-state index contributed by atoms with van der Waals surface area (Å²) in [5.41, 5.74) is 2.62. The van der Waals surface area contributed by atoms with E-state index in [0.29, 0.717) is 24.7 Å². The molecule has 2 aliphatic rings. The summed E-state index contributed by atoms with van der Waals surface area (Å²) in [4.78, 5) is 25.2. The number of ketones is 1. The predicted molar refractivity (Wildman–Crippen MR) is 116 cm³/mol. The van der Waals surface area contributed by atoms with Crippen molar-refractivity contribution < 1.29 is 22.7 Å². The highest BCUT2D eigenvalue weighted by Crippen LogP contribution is 2.38. The second-order valence-electron chi connectivity index (χ2n) is 8.38. The predicted octanol–water partition coefficient (Wildman–Crippen LogP) is 3.65. The number of carbonyl (C=O) groups excluding carboxylic acids is 2. The van der Waals surface area contributed by atoms with Gasteiger partial charge in [-0.15, -0.1) is 0 Å². The first-order valence-corrected chi connectivity index (χ1v) is 12.2. The molecular formula is C23H28N2O5S. The van der Waals surface area contributed by atoms with Crippen LogP contribution >= 0.6 is 0 Å². The molecule has 2 heterocycles. The van der Waals surface area contributed by atoms with Gasteiger partial charge < -0.3 is 9.30 Å². The number of hydrogen-bond acceptors (Lipinski definition) is 5. The van der Waals surface area contributed by atoms with E-state index in [0.717, 1.165) is 43.5 Å². The van der Waals surface area contributed by atoms with E-state index in [1.807, 2.05) is 19.9 Å². The third-order valence-corrected chi connectivity index (χ3v) is 7.95. The van der Waals surface area contributed by atoms with Gasteiger partial charge in [0.05, 0.1) is 10.5 Å². The Kier molecular flexibility index (Phi) is 6.03. The van der Waals surface area contributed by atoms with Gasteiger partial charge in [-0.3, -0.25) is 4.79 Å². The summed E-state index contributed by atoms with van der Waals surface area (Å²) in [6, 6.07) is 8.15. The number of benzene rings is 1. The monoisotopic (exact) mass is 444 g/mol. The molecule has 1 aliphatic heterocycles. The lowest BCUT2D eigenvalue weighted by Crippen LogP contribution is -2.35. The summed E-state index contributed by atoms with van der Waals surface area (Å²) in [5, 5.41) is 0. The molecular weight excluding hydrogens is 416 g/mol. The van der Waals surface area contributed by atoms with E-state index in [4.69, 9.17) is 4.74 Å². The molecule has 1 saturated heterocycles. The molecule has 31 heavy (non-hydrogen) atoms. The minimum atomic E-state index is -3.65. The molecule has 2 aromatic rings. The van der Waals surface area contributed by atoms with Gasteiger partial charge in [-0.05, 0) is 63.8 Å². The molecule has 8 heteroatoms. The van der Waals surface area contributed by atoms with Crippen LogP contribution in [0.1, 0.15) is 70.2 Å². The third kappa shape index (κ3) is 4.45. The number of esters is 1. The third-order valence-electron chi connectivity index (χ3n) is 6.05. The Balaban J connectivity index is 1.44. The first kappa shape index (κ1) is 21.8. The Hall–Kier alpha value is -2.45. The topological polar surface area (TPSA) is 85.7 Å². The summed E-state index contributed by atoms with van der Waals surface area (Å²) in [6.07, 6.45) is 4.94. The van der Waals surface area contributed by atoms with Gasteiger partial charge in [0.15, 0.2) is 6.61 Å². The quantitative estimate of drug-likeness (QED) is 0.481. The fraction of sp³-hybridized carbons (Fsp3) is 0.478. The number of rotatable bonds is 7. The van der Waals surface area contributed by atoms with Crippen molar-refractivity contribution in [2.75, 3.05) is 19.7 Å². The van der Waals surface area contributed by atoms with Crippen LogP contribution in [0, 0.1) is 13.8 Å². The van der Waals surface area contributed by atoms with Crippen LogP contribution in [0.3, 0.4) is 0 Å². The smallest absolute Gasteiger partial charge is 0.338 e. The highest BCUT2D eigenvalue weighted by molar-refractivity contribution is 7.89. The van der Waals surface area contributed by atoms with Crippen LogP contribution < -0.4 is 0 Å². The number of piperidine rings is 1. The van der Waals surface area contributed by atoms with Crippen LogP contribution in [0.15, 0.2) is 35.2 Å². The van der Waals surface area contributed by atoms with Crippen molar-refractivity contribution >= 4 is 21.8 Å². The maximum Gasteiger partial charge on any atom is 0.338 e. The molecule has 0 unspecified atom stereocenters. The van der Waals surface area contributed by atoms with Crippen LogP contribution in [0.4, 0.5) is 0 Å². The number of Topliss-reactive ketones (excluding diaryl/α,β-unsaturated/α-hetero) is 1. The summed E-state index contributed by atoms with van der Waals surface area (Å²) >= 11 is 0. The molecule has 1 aromatic heterocycles. The molecule has 166 valence electrons. The Labute approximate surface area is 183 Å². The van der Waals surface area contributed by atoms with Gasteiger partial charge in [0, 0.05) is 36.1 Å². The summed E-state index contributed by atoms with van der Waals surface area (Å²) < 4.78 is 34.6. The van der Waals surface area contributed by atoms with E-state index < -0.39 is 16.0 Å². The number of carbonyl (C=O) groups is 2. The van der Waals surface area contributed by atoms with Crippen LogP contribution in [-0.4, -0.2) is 48.7 Å². The van der Waals surface area contributed by atoms with E-state index in [9.17, 15) is 18.0 Å². The van der Waals surface area contributed by atoms with Gasteiger partial charge in [-0.25, -0.2) is 13.2 Å². The number of ether oxygens (including phenoxy) is 1. The Morgan fingerprint density at radius 3 is 2.45 bits per heavy atom. The fourth-order valence-electron chi connectivity index (χ4n) is 4.28. The van der Waals surface area contributed by atoms with Crippen LogP contribution in [0.25, 0.3) is 0 Å². The zero-order chi connectivity index (χ0) is 22.2. The fourth-order valence-corrected chi connectivity index (χ4v) is 5.85. The molecule has 1 aromatic carbocycles. The number of sulfonamides is 1. The van der Waals surface area contributed by atoms with Gasteiger partial charge in [0.2, 0.25) is 15.8 Å². The molecule has 0 atom stereocenters. The molecule has 7 nitrogen and oxygen atoms in total. The maximum absolute atomic E-state index is 12.9. The summed E-state index contributed by atoms with van der Waals surface area (Å²) in [7, 11) is -3.65. The first-order chi connectivity index (χ1) is 14.8. The lowest BCUT2D eigenvalue weighted by atomic mass is 10.1. The highest BCUT2D eigenvalue weighted by atomic mass is 32.2. The van der Waals surface area contributed by atoms with Crippen molar-refractivity contribution in [1.29, 1.82) is 0 Å². The lowest BCUT2D eigenvalue weighted by Gasteiger charge is -2.25. The molecule has 1 saturated carbocycles. The minimum Gasteiger partial charge on any atom is -0.454 e. The maximum atomic E-state index is 12.9. The van der Waals surface area contributed by atoms with Crippen molar-refractivity contribution in [2.24, 2.45) is 0 Å². The van der Waals surface area contributed by atoms with Crippen molar-refractivity contribution in [3.63, 3.8) is 0 Å². The summed E-state index contributed by atoms with van der Waals surface area (Å²) in [5.74, 6) is -0.967. The molecule has 2 fully saturated rings. The molecule has 0 N–H and O–H groups in total. The van der Waals surface area contributed by atoms with E-state index >= 15 is 0 Å². The van der Waals surface area contributed by atoms with Crippen molar-refractivity contribution in [3.05, 3.63) is 52.8 Å². The zero-order valence-electron chi connectivity index (χ0n) is 18.0. The first-order valence-electron chi connectivity index (χ1n) is 10.8. The molecule has 0 amide bonds. The zero-order valence-corrected chi connectivity index (χ0v) is 18.8. The van der Waals surface area contributed by atoms with Crippen molar-refractivity contribution in [3.8, 4) is 0 Å². The standard InChI is InChI=1S/C23H28N2O5S/c1-16-13-21(17(2)25(16)19-9-10-19)22(26)15-30-23(27)18-7-6-8-20(14-18)31(28,29)24-11-4-3-5-12-24/h6-8,13-14,19H,3-5,9-12,15H2,1-2H3. The van der Waals surface area contributed by atoms with Crippen LogP contribution in [0.2, 0.25) is 0 Å².